The number of likely N-dealkylation sites (tertiary alicyclic amines) is 1. The highest BCUT2D eigenvalue weighted by molar-refractivity contribution is 7.88. The van der Waals surface area contributed by atoms with Crippen molar-refractivity contribution in [1.29, 1.82) is 0 Å². The minimum Gasteiger partial charge on any atom is -0.444 e. The van der Waals surface area contributed by atoms with E-state index in [4.69, 9.17) is 4.74 Å². The maximum atomic E-state index is 11.9. The lowest BCUT2D eigenvalue weighted by atomic mass is 10.1. The molecule has 2 N–H and O–H groups in total. The number of sulfonamides is 1. The Labute approximate surface area is 156 Å². The monoisotopic (exact) mass is 389 g/mol. The number of ether oxygens (including phenoxy) is 1. The molecule has 2 fully saturated rings. The topological polar surface area (TPSA) is 103 Å². The van der Waals surface area contributed by atoms with Crippen LogP contribution in [-0.4, -0.2) is 86.8 Å². The van der Waals surface area contributed by atoms with Crippen LogP contribution in [0.1, 0.15) is 33.6 Å². The number of carbonyl (C=O) groups excluding carboxylic acids is 1. The van der Waals surface area contributed by atoms with Crippen molar-refractivity contribution in [3.8, 4) is 0 Å². The van der Waals surface area contributed by atoms with Gasteiger partial charge in [-0.2, -0.15) is 4.31 Å². The molecule has 0 aromatic rings. The zero-order valence-electron chi connectivity index (χ0n) is 16.3. The van der Waals surface area contributed by atoms with E-state index in [2.05, 4.69) is 15.6 Å². The highest BCUT2D eigenvalue weighted by Crippen LogP contribution is 2.19. The summed E-state index contributed by atoms with van der Waals surface area (Å²) in [6, 6.07) is 0.0477. The average Bonchev–Trinajstić information content (AvgIpc) is 2.91. The van der Waals surface area contributed by atoms with E-state index in [1.54, 1.807) is 16.3 Å². The predicted molar refractivity (Wildman–Crippen MR) is 101 cm³/mol. The maximum Gasteiger partial charge on any atom is 0.410 e. The molecule has 2 saturated heterocycles. The zero-order chi connectivity index (χ0) is 19.5. The Balaban J connectivity index is 1.75. The minimum absolute atomic E-state index is 0.0526. The van der Waals surface area contributed by atoms with Gasteiger partial charge in [0, 0.05) is 39.3 Å². The molecule has 1 atom stereocenters. The molecule has 150 valence electrons. The quantitative estimate of drug-likeness (QED) is 0.526. The summed E-state index contributed by atoms with van der Waals surface area (Å²) < 4.78 is 30.5. The van der Waals surface area contributed by atoms with Crippen LogP contribution in [0.3, 0.4) is 0 Å². The fraction of sp³-hybridized carbons (Fsp3) is 0.875. The number of hydrogen-bond acceptors (Lipinski definition) is 5. The second-order valence-corrected chi connectivity index (χ2v) is 9.78. The summed E-state index contributed by atoms with van der Waals surface area (Å²) in [5, 5.41) is 6.44. The van der Waals surface area contributed by atoms with Crippen molar-refractivity contribution in [2.75, 3.05) is 39.5 Å². The molecule has 2 aliphatic heterocycles. The van der Waals surface area contributed by atoms with E-state index in [-0.39, 0.29) is 18.2 Å². The van der Waals surface area contributed by atoms with Crippen LogP contribution in [0.25, 0.3) is 0 Å². The first kappa shape index (κ1) is 20.8. The molecule has 0 aliphatic carbocycles. The lowest BCUT2D eigenvalue weighted by molar-refractivity contribution is 0.00701. The first-order valence-electron chi connectivity index (χ1n) is 8.91. The Kier molecular flexibility index (Phi) is 6.38. The summed E-state index contributed by atoms with van der Waals surface area (Å²) in [5.74, 6) is 0.610. The number of guanidine groups is 1. The van der Waals surface area contributed by atoms with Crippen LogP contribution in [0.15, 0.2) is 4.99 Å². The van der Waals surface area contributed by atoms with Crippen LogP contribution in [0.5, 0.6) is 0 Å². The Morgan fingerprint density at radius 3 is 2.50 bits per heavy atom. The van der Waals surface area contributed by atoms with Gasteiger partial charge in [-0.3, -0.25) is 4.99 Å². The second-order valence-electron chi connectivity index (χ2n) is 7.85. The van der Waals surface area contributed by atoms with Crippen LogP contribution in [0.4, 0.5) is 4.79 Å². The van der Waals surface area contributed by atoms with Crippen LogP contribution in [0, 0.1) is 0 Å². The number of amides is 1. The smallest absolute Gasteiger partial charge is 0.410 e. The number of nitrogens with one attached hydrogen (secondary N) is 2. The number of nitrogens with zero attached hydrogens (tertiary/aromatic N) is 3. The summed E-state index contributed by atoms with van der Waals surface area (Å²) >= 11 is 0. The van der Waals surface area contributed by atoms with E-state index in [0.717, 1.165) is 12.8 Å². The highest BCUT2D eigenvalue weighted by Gasteiger charge is 2.35. The molecule has 0 aromatic carbocycles. The van der Waals surface area contributed by atoms with Crippen molar-refractivity contribution in [3.63, 3.8) is 0 Å². The minimum atomic E-state index is -3.18. The van der Waals surface area contributed by atoms with E-state index in [0.29, 0.717) is 32.1 Å². The molecular weight excluding hydrogens is 358 g/mol. The zero-order valence-corrected chi connectivity index (χ0v) is 17.1. The predicted octanol–water partition coefficient (Wildman–Crippen LogP) is 0.195. The summed E-state index contributed by atoms with van der Waals surface area (Å²) in [4.78, 5) is 17.8. The summed E-state index contributed by atoms with van der Waals surface area (Å²) in [7, 11) is -1.51. The number of carbonyl (C=O) groups is 1. The van der Waals surface area contributed by atoms with Crippen molar-refractivity contribution in [2.45, 2.75) is 51.3 Å². The number of rotatable bonds is 4. The fourth-order valence-electron chi connectivity index (χ4n) is 3.10. The average molecular weight is 390 g/mol. The second kappa shape index (κ2) is 7.99. The van der Waals surface area contributed by atoms with Gasteiger partial charge in [0.1, 0.15) is 5.60 Å². The normalized spacial score (nSPS) is 22.9. The molecule has 1 amide bonds. The molecule has 0 saturated carbocycles. The van der Waals surface area contributed by atoms with Crippen LogP contribution in [0.2, 0.25) is 0 Å². The van der Waals surface area contributed by atoms with Crippen LogP contribution >= 0.6 is 0 Å². The van der Waals surface area contributed by atoms with Gasteiger partial charge in [-0.25, -0.2) is 13.2 Å². The van der Waals surface area contributed by atoms with Crippen molar-refractivity contribution in [2.24, 2.45) is 4.99 Å². The van der Waals surface area contributed by atoms with Crippen molar-refractivity contribution in [3.05, 3.63) is 0 Å². The molecular formula is C16H31N5O4S. The molecule has 0 radical (unpaired) electrons. The van der Waals surface area contributed by atoms with Gasteiger partial charge in [0.25, 0.3) is 0 Å². The molecule has 2 aliphatic rings. The molecule has 0 aromatic heterocycles. The molecule has 2 heterocycles. The van der Waals surface area contributed by atoms with Crippen molar-refractivity contribution in [1.82, 2.24) is 19.8 Å². The first-order chi connectivity index (χ1) is 12.0. The molecule has 0 spiro atoms. The van der Waals surface area contributed by atoms with Gasteiger partial charge in [-0.1, -0.05) is 0 Å². The lowest BCUT2D eigenvalue weighted by Gasteiger charge is -2.40. The maximum absolute atomic E-state index is 11.9. The molecule has 10 heteroatoms. The molecule has 9 nitrogen and oxygen atoms in total. The van der Waals surface area contributed by atoms with Gasteiger partial charge in [0.15, 0.2) is 5.96 Å². The Morgan fingerprint density at radius 2 is 1.96 bits per heavy atom. The summed E-state index contributed by atoms with van der Waals surface area (Å²) in [6.45, 7) is 7.71. The fourth-order valence-corrected chi connectivity index (χ4v) is 4.28. The molecule has 26 heavy (non-hydrogen) atoms. The van der Waals surface area contributed by atoms with E-state index in [9.17, 15) is 13.2 Å². The Bertz CT molecular complexity index is 638. The van der Waals surface area contributed by atoms with Gasteiger partial charge in [0.05, 0.1) is 12.3 Å². The Morgan fingerprint density at radius 1 is 1.31 bits per heavy atom. The lowest BCUT2D eigenvalue weighted by Crippen LogP contribution is -2.63. The van der Waals surface area contributed by atoms with Crippen molar-refractivity contribution >= 4 is 22.1 Å². The van der Waals surface area contributed by atoms with E-state index < -0.39 is 15.6 Å². The van der Waals surface area contributed by atoms with Gasteiger partial charge >= 0.3 is 6.09 Å². The largest absolute Gasteiger partial charge is 0.444 e. The van der Waals surface area contributed by atoms with Gasteiger partial charge in [0.2, 0.25) is 10.0 Å². The number of hydrogen-bond donors (Lipinski definition) is 2. The molecule has 2 rings (SSSR count). The molecule has 0 bridgehead atoms. The van der Waals surface area contributed by atoms with Gasteiger partial charge in [-0.05, 0) is 33.6 Å². The SMILES string of the molecule is CN=C(NC[C@H]1CCCN1S(C)(=O)=O)NC1CN(C(=O)OC(C)(C)C)C1. The van der Waals surface area contributed by atoms with E-state index in [1.165, 1.54) is 6.26 Å². The van der Waals surface area contributed by atoms with Gasteiger partial charge < -0.3 is 20.3 Å². The summed E-state index contributed by atoms with van der Waals surface area (Å²) in [5.41, 5.74) is -0.500. The van der Waals surface area contributed by atoms with E-state index >= 15 is 0 Å². The van der Waals surface area contributed by atoms with Crippen molar-refractivity contribution < 1.29 is 17.9 Å². The molecule has 0 unspecified atom stereocenters. The third kappa shape index (κ3) is 5.73. The van der Waals surface area contributed by atoms with Crippen LogP contribution in [-0.2, 0) is 14.8 Å². The standard InChI is InChI=1S/C16H31N5O4S/c1-16(2,3)25-15(22)20-10-12(11-20)19-14(17-4)18-9-13-7-6-8-21(13)26(5,23)24/h12-13H,6-11H2,1-5H3,(H2,17,18,19)/t13-/m1/s1. The summed E-state index contributed by atoms with van der Waals surface area (Å²) in [6.07, 6.45) is 2.65. The number of aliphatic imine (C=N–C) groups is 1. The van der Waals surface area contributed by atoms with E-state index in [1.807, 2.05) is 20.8 Å². The van der Waals surface area contributed by atoms with Crippen LogP contribution < -0.4 is 10.6 Å². The van der Waals surface area contributed by atoms with Gasteiger partial charge in [-0.15, -0.1) is 0 Å². The highest BCUT2D eigenvalue weighted by atomic mass is 32.2. The first-order valence-corrected chi connectivity index (χ1v) is 10.8. The third-order valence-electron chi connectivity index (χ3n) is 4.35. The Hall–Kier alpha value is -1.55. The third-order valence-corrected chi connectivity index (χ3v) is 5.68.